The second kappa shape index (κ2) is 6.32. The Labute approximate surface area is 133 Å². The highest BCUT2D eigenvalue weighted by molar-refractivity contribution is 7.80. The third-order valence-electron chi connectivity index (χ3n) is 3.21. The average Bonchev–Trinajstić information content (AvgIpc) is 3.15. The Morgan fingerprint density at radius 2 is 2.19 bits per heavy atom. The van der Waals surface area contributed by atoms with Gasteiger partial charge in [-0.2, -0.15) is 0 Å². The summed E-state index contributed by atoms with van der Waals surface area (Å²) in [6.45, 7) is 3.05. The van der Waals surface area contributed by atoms with Gasteiger partial charge in [0.05, 0.1) is 6.04 Å². The van der Waals surface area contributed by atoms with Crippen molar-refractivity contribution in [2.24, 2.45) is 0 Å². The fourth-order valence-electron chi connectivity index (χ4n) is 2.09. The maximum absolute atomic E-state index is 5.36. The zero-order valence-corrected chi connectivity index (χ0v) is 13.2. The van der Waals surface area contributed by atoms with Crippen molar-refractivity contribution in [1.82, 2.24) is 10.6 Å². The highest BCUT2D eigenvalue weighted by atomic mass is 32.1. The molecule has 2 aromatic rings. The minimum absolute atomic E-state index is 0.210. The van der Waals surface area contributed by atoms with Crippen LogP contribution in [0.15, 0.2) is 35.7 Å². The van der Waals surface area contributed by atoms with Gasteiger partial charge in [-0.15, -0.1) is 11.3 Å². The van der Waals surface area contributed by atoms with Crippen molar-refractivity contribution < 1.29 is 9.47 Å². The van der Waals surface area contributed by atoms with E-state index in [4.69, 9.17) is 21.7 Å². The first-order valence-corrected chi connectivity index (χ1v) is 7.97. The van der Waals surface area contributed by atoms with Crippen LogP contribution in [-0.2, 0) is 6.54 Å². The van der Waals surface area contributed by atoms with E-state index in [-0.39, 0.29) is 6.04 Å². The Bertz CT molecular complexity index is 629. The quantitative estimate of drug-likeness (QED) is 0.847. The van der Waals surface area contributed by atoms with Crippen LogP contribution in [0.3, 0.4) is 0 Å². The summed E-state index contributed by atoms with van der Waals surface area (Å²) >= 11 is 7.05. The van der Waals surface area contributed by atoms with E-state index in [9.17, 15) is 0 Å². The first kappa shape index (κ1) is 14.2. The molecule has 1 aliphatic rings. The molecule has 1 atom stereocenters. The van der Waals surface area contributed by atoms with Crippen molar-refractivity contribution in [1.29, 1.82) is 0 Å². The molecule has 0 amide bonds. The van der Waals surface area contributed by atoms with Gasteiger partial charge in [-0.25, -0.2) is 0 Å². The number of fused-ring (bicyclic) bond motifs is 1. The van der Waals surface area contributed by atoms with Crippen molar-refractivity contribution >= 4 is 28.7 Å². The predicted octanol–water partition coefficient (Wildman–Crippen LogP) is 3.20. The van der Waals surface area contributed by atoms with Gasteiger partial charge in [0.2, 0.25) is 6.79 Å². The van der Waals surface area contributed by atoms with Crippen molar-refractivity contribution in [2.45, 2.75) is 19.5 Å². The number of thiocarbonyl (C=S) groups is 1. The number of nitrogens with one attached hydrogen (secondary N) is 2. The van der Waals surface area contributed by atoms with Gasteiger partial charge in [-0.3, -0.25) is 0 Å². The largest absolute Gasteiger partial charge is 0.454 e. The molecule has 0 fully saturated rings. The molecule has 0 saturated heterocycles. The molecule has 1 aromatic heterocycles. The first-order valence-electron chi connectivity index (χ1n) is 6.68. The van der Waals surface area contributed by atoms with Gasteiger partial charge < -0.3 is 20.1 Å². The van der Waals surface area contributed by atoms with E-state index in [1.807, 2.05) is 24.3 Å². The predicted molar refractivity (Wildman–Crippen MR) is 87.9 cm³/mol. The molecule has 110 valence electrons. The average molecular weight is 320 g/mol. The van der Waals surface area contributed by atoms with Gasteiger partial charge in [0.25, 0.3) is 0 Å². The summed E-state index contributed by atoms with van der Waals surface area (Å²) in [6, 6.07) is 10.3. The van der Waals surface area contributed by atoms with Crippen molar-refractivity contribution in [3.63, 3.8) is 0 Å². The number of benzene rings is 1. The van der Waals surface area contributed by atoms with E-state index in [1.54, 1.807) is 11.3 Å². The summed E-state index contributed by atoms with van der Waals surface area (Å²) in [4.78, 5) is 1.27. The van der Waals surface area contributed by atoms with Gasteiger partial charge in [0, 0.05) is 11.4 Å². The molecule has 0 bridgehead atoms. The fourth-order valence-corrected chi connectivity index (χ4v) is 3.07. The van der Waals surface area contributed by atoms with Crippen LogP contribution in [0.4, 0.5) is 0 Å². The lowest BCUT2D eigenvalue weighted by atomic mass is 10.2. The van der Waals surface area contributed by atoms with E-state index in [0.29, 0.717) is 18.5 Å². The van der Waals surface area contributed by atoms with Crippen LogP contribution in [0, 0.1) is 0 Å². The van der Waals surface area contributed by atoms with Crippen molar-refractivity contribution in [2.75, 3.05) is 6.79 Å². The molecule has 3 rings (SSSR count). The highest BCUT2D eigenvalue weighted by Gasteiger charge is 2.13. The number of rotatable bonds is 4. The molecule has 0 unspecified atom stereocenters. The molecule has 2 heterocycles. The maximum atomic E-state index is 5.36. The fraction of sp³-hybridized carbons (Fsp3) is 0.267. The summed E-state index contributed by atoms with van der Waals surface area (Å²) in [6.07, 6.45) is 0. The van der Waals surface area contributed by atoms with Crippen molar-refractivity contribution in [3.8, 4) is 11.5 Å². The van der Waals surface area contributed by atoms with E-state index < -0.39 is 0 Å². The van der Waals surface area contributed by atoms with E-state index in [1.165, 1.54) is 4.88 Å². The standard InChI is InChI=1S/C15H16N2O2S2/c1-10(14-3-2-6-21-14)17-15(20)16-8-11-4-5-12-13(7-11)19-9-18-12/h2-7,10H,8-9H2,1H3,(H2,16,17,20)/t10-/m1/s1. The number of hydrogen-bond acceptors (Lipinski definition) is 4. The topological polar surface area (TPSA) is 42.5 Å². The third kappa shape index (κ3) is 3.46. The summed E-state index contributed by atoms with van der Waals surface area (Å²) < 4.78 is 10.7. The molecule has 4 nitrogen and oxygen atoms in total. The molecular formula is C15H16N2O2S2. The van der Waals surface area contributed by atoms with Gasteiger partial charge in [0.15, 0.2) is 16.6 Å². The van der Waals surface area contributed by atoms with E-state index in [2.05, 4.69) is 29.0 Å². The molecule has 0 saturated carbocycles. The van der Waals surface area contributed by atoms with Gasteiger partial charge >= 0.3 is 0 Å². The zero-order chi connectivity index (χ0) is 14.7. The first-order chi connectivity index (χ1) is 10.2. The molecule has 0 radical (unpaired) electrons. The van der Waals surface area contributed by atoms with Crippen LogP contribution >= 0.6 is 23.6 Å². The SMILES string of the molecule is C[C@@H](NC(=S)NCc1ccc2c(c1)OCO2)c1cccs1. The molecular weight excluding hydrogens is 304 g/mol. The molecule has 0 aliphatic carbocycles. The van der Waals surface area contributed by atoms with Crippen LogP contribution in [0.5, 0.6) is 11.5 Å². The summed E-state index contributed by atoms with van der Waals surface area (Å²) in [5.41, 5.74) is 1.10. The Morgan fingerprint density at radius 1 is 1.33 bits per heavy atom. The molecule has 2 N–H and O–H groups in total. The monoisotopic (exact) mass is 320 g/mol. The van der Waals surface area contributed by atoms with E-state index >= 15 is 0 Å². The smallest absolute Gasteiger partial charge is 0.231 e. The van der Waals surface area contributed by atoms with Crippen molar-refractivity contribution in [3.05, 3.63) is 46.2 Å². The second-order valence-corrected chi connectivity index (χ2v) is 6.14. The maximum Gasteiger partial charge on any atom is 0.231 e. The summed E-state index contributed by atoms with van der Waals surface area (Å²) in [5, 5.41) is 9.20. The zero-order valence-electron chi connectivity index (χ0n) is 11.6. The Balaban J connectivity index is 1.52. The Hall–Kier alpha value is -1.79. The minimum Gasteiger partial charge on any atom is -0.454 e. The molecule has 1 aromatic carbocycles. The number of hydrogen-bond donors (Lipinski definition) is 2. The normalized spacial score (nSPS) is 13.8. The van der Waals surface area contributed by atoms with Crippen LogP contribution in [0.2, 0.25) is 0 Å². The lowest BCUT2D eigenvalue weighted by Crippen LogP contribution is -2.36. The molecule has 6 heteroatoms. The summed E-state index contributed by atoms with van der Waals surface area (Å²) in [7, 11) is 0. The van der Waals surface area contributed by atoms with Gasteiger partial charge in [-0.1, -0.05) is 12.1 Å². The third-order valence-corrected chi connectivity index (χ3v) is 4.52. The van der Waals surface area contributed by atoms with Crippen LogP contribution in [0.25, 0.3) is 0 Å². The number of thiophene rings is 1. The highest BCUT2D eigenvalue weighted by Crippen LogP contribution is 2.32. The molecule has 1 aliphatic heterocycles. The van der Waals surface area contributed by atoms with E-state index in [0.717, 1.165) is 17.1 Å². The van der Waals surface area contributed by atoms with Crippen LogP contribution in [-0.4, -0.2) is 11.9 Å². The lowest BCUT2D eigenvalue weighted by molar-refractivity contribution is 0.174. The lowest BCUT2D eigenvalue weighted by Gasteiger charge is -2.16. The second-order valence-electron chi connectivity index (χ2n) is 4.75. The van der Waals surface area contributed by atoms with Crippen LogP contribution < -0.4 is 20.1 Å². The summed E-state index contributed by atoms with van der Waals surface area (Å²) in [5.74, 6) is 1.59. The van der Waals surface area contributed by atoms with Gasteiger partial charge in [0.1, 0.15) is 0 Å². The Kier molecular flexibility index (Phi) is 4.26. The minimum atomic E-state index is 0.210. The van der Waals surface area contributed by atoms with Gasteiger partial charge in [-0.05, 0) is 48.3 Å². The molecule has 21 heavy (non-hydrogen) atoms. The Morgan fingerprint density at radius 3 is 3.00 bits per heavy atom. The van der Waals surface area contributed by atoms with Crippen LogP contribution in [0.1, 0.15) is 23.4 Å². The number of ether oxygens (including phenoxy) is 2. The molecule has 0 spiro atoms.